The maximum atomic E-state index is 10.4. The Morgan fingerprint density at radius 1 is 1.39 bits per heavy atom. The highest BCUT2D eigenvalue weighted by Crippen LogP contribution is 2.37. The van der Waals surface area contributed by atoms with Crippen molar-refractivity contribution in [2.24, 2.45) is 0 Å². The van der Waals surface area contributed by atoms with Gasteiger partial charge >= 0.3 is 0 Å². The van der Waals surface area contributed by atoms with Crippen molar-refractivity contribution < 1.29 is 9.52 Å². The Morgan fingerprint density at radius 3 is 3.00 bits per heavy atom. The van der Waals surface area contributed by atoms with Crippen molar-refractivity contribution >= 4 is 34.3 Å². The van der Waals surface area contributed by atoms with E-state index in [9.17, 15) is 5.11 Å². The molecule has 4 heteroatoms. The van der Waals surface area contributed by atoms with Crippen molar-refractivity contribution in [2.75, 3.05) is 5.75 Å². The van der Waals surface area contributed by atoms with Crippen LogP contribution in [0.4, 0.5) is 0 Å². The summed E-state index contributed by atoms with van der Waals surface area (Å²) in [4.78, 5) is 0. The molecule has 0 saturated carbocycles. The lowest BCUT2D eigenvalue weighted by Gasteiger charge is -2.24. The molecule has 2 nitrogen and oxygen atoms in total. The maximum absolute atomic E-state index is 10.4. The van der Waals surface area contributed by atoms with Crippen molar-refractivity contribution in [3.05, 3.63) is 35.0 Å². The molecular formula is C14H15ClO2S. The first kappa shape index (κ1) is 12.4. The molecule has 2 atom stereocenters. The summed E-state index contributed by atoms with van der Waals surface area (Å²) in [5.74, 6) is 1.76. The number of hydrogen-bond acceptors (Lipinski definition) is 3. The number of para-hydroxylation sites is 1. The van der Waals surface area contributed by atoms with E-state index >= 15 is 0 Å². The molecule has 1 aliphatic heterocycles. The topological polar surface area (TPSA) is 33.4 Å². The molecule has 18 heavy (non-hydrogen) atoms. The molecule has 3 rings (SSSR count). The molecule has 0 amide bonds. The summed E-state index contributed by atoms with van der Waals surface area (Å²) in [6.07, 6.45) is 2.96. The summed E-state index contributed by atoms with van der Waals surface area (Å²) >= 11 is 7.92. The van der Waals surface area contributed by atoms with Crippen LogP contribution in [0.15, 0.2) is 28.7 Å². The first-order valence-corrected chi connectivity index (χ1v) is 7.66. The SMILES string of the molecule is OC(c1cc2cccc(Cl)c2o1)C1CCCCS1. The Morgan fingerprint density at radius 2 is 2.28 bits per heavy atom. The third-order valence-electron chi connectivity index (χ3n) is 3.37. The van der Waals surface area contributed by atoms with Gasteiger partial charge in [-0.25, -0.2) is 0 Å². The van der Waals surface area contributed by atoms with Crippen LogP contribution in [0.2, 0.25) is 5.02 Å². The van der Waals surface area contributed by atoms with E-state index in [4.69, 9.17) is 16.0 Å². The minimum Gasteiger partial charge on any atom is -0.457 e. The van der Waals surface area contributed by atoms with Gasteiger partial charge in [0.05, 0.1) is 5.02 Å². The second kappa shape index (κ2) is 5.16. The Labute approximate surface area is 115 Å². The molecule has 2 aromatic rings. The van der Waals surface area contributed by atoms with Gasteiger partial charge in [0.15, 0.2) is 5.58 Å². The molecular weight excluding hydrogens is 268 g/mol. The van der Waals surface area contributed by atoms with E-state index in [2.05, 4.69) is 0 Å². The van der Waals surface area contributed by atoms with E-state index in [1.54, 1.807) is 6.07 Å². The highest BCUT2D eigenvalue weighted by molar-refractivity contribution is 7.99. The van der Waals surface area contributed by atoms with Crippen molar-refractivity contribution in [2.45, 2.75) is 30.6 Å². The molecule has 1 aliphatic rings. The van der Waals surface area contributed by atoms with Crippen molar-refractivity contribution in [3.63, 3.8) is 0 Å². The minimum absolute atomic E-state index is 0.248. The van der Waals surface area contributed by atoms with Gasteiger partial charge in [-0.05, 0) is 30.7 Å². The van der Waals surface area contributed by atoms with Crippen LogP contribution in [0.1, 0.15) is 31.1 Å². The van der Waals surface area contributed by atoms with Gasteiger partial charge in [0.2, 0.25) is 0 Å². The zero-order valence-corrected chi connectivity index (χ0v) is 11.5. The second-order valence-electron chi connectivity index (χ2n) is 4.66. The standard InChI is InChI=1S/C14H15ClO2S/c15-10-5-3-4-9-8-11(17-14(9)10)13(16)12-6-1-2-7-18-12/h3-5,8,12-13,16H,1-2,6-7H2. The quantitative estimate of drug-likeness (QED) is 0.886. The summed E-state index contributed by atoms with van der Waals surface area (Å²) in [5, 5.41) is 12.2. The number of thioether (sulfide) groups is 1. The number of rotatable bonds is 2. The molecule has 1 aromatic heterocycles. The van der Waals surface area contributed by atoms with E-state index in [1.165, 1.54) is 12.8 Å². The van der Waals surface area contributed by atoms with Crippen molar-refractivity contribution in [1.29, 1.82) is 0 Å². The molecule has 1 N–H and O–H groups in total. The number of hydrogen-bond donors (Lipinski definition) is 1. The van der Waals surface area contributed by atoms with Gasteiger partial charge in [0, 0.05) is 10.6 Å². The number of aliphatic hydroxyl groups is 1. The average Bonchev–Trinajstić information content (AvgIpc) is 2.84. The maximum Gasteiger partial charge on any atom is 0.152 e. The molecule has 0 aliphatic carbocycles. The van der Waals surface area contributed by atoms with Crippen LogP contribution in [0.5, 0.6) is 0 Å². The largest absolute Gasteiger partial charge is 0.457 e. The fourth-order valence-corrected chi connectivity index (χ4v) is 3.93. The van der Waals surface area contributed by atoms with Crippen LogP contribution in [0.3, 0.4) is 0 Å². The predicted octanol–water partition coefficient (Wildman–Crippen LogP) is 4.41. The van der Waals surface area contributed by atoms with E-state index in [-0.39, 0.29) is 5.25 Å². The Kier molecular flexibility index (Phi) is 3.55. The highest BCUT2D eigenvalue weighted by Gasteiger charge is 2.26. The van der Waals surface area contributed by atoms with Crippen LogP contribution in [0, 0.1) is 0 Å². The molecule has 2 unspecified atom stereocenters. The van der Waals surface area contributed by atoms with Crippen molar-refractivity contribution in [3.8, 4) is 0 Å². The van der Waals surface area contributed by atoms with Gasteiger partial charge in [0.1, 0.15) is 11.9 Å². The predicted molar refractivity (Wildman–Crippen MR) is 76.3 cm³/mol. The summed E-state index contributed by atoms with van der Waals surface area (Å²) in [5.41, 5.74) is 0.675. The van der Waals surface area contributed by atoms with Gasteiger partial charge in [-0.3, -0.25) is 0 Å². The molecule has 96 valence electrons. The number of furan rings is 1. The van der Waals surface area contributed by atoms with E-state index in [0.717, 1.165) is 17.6 Å². The Balaban J connectivity index is 1.91. The Hall–Kier alpha value is -0.640. The lowest BCUT2D eigenvalue weighted by atomic mass is 10.1. The van der Waals surface area contributed by atoms with Gasteiger partial charge in [-0.2, -0.15) is 11.8 Å². The first-order chi connectivity index (χ1) is 8.75. The molecule has 0 bridgehead atoms. The third kappa shape index (κ3) is 2.27. The fraction of sp³-hybridized carbons (Fsp3) is 0.429. The van der Waals surface area contributed by atoms with Gasteiger partial charge < -0.3 is 9.52 Å². The lowest BCUT2D eigenvalue weighted by Crippen LogP contribution is -2.18. The van der Waals surface area contributed by atoms with Crippen LogP contribution in [-0.2, 0) is 0 Å². The fourth-order valence-electron chi connectivity index (χ4n) is 2.39. The van der Waals surface area contributed by atoms with Crippen molar-refractivity contribution in [1.82, 2.24) is 0 Å². The first-order valence-electron chi connectivity index (χ1n) is 6.23. The minimum atomic E-state index is -0.529. The molecule has 1 aromatic carbocycles. The third-order valence-corrected chi connectivity index (χ3v) is 5.12. The van der Waals surface area contributed by atoms with Crippen LogP contribution < -0.4 is 0 Å². The lowest BCUT2D eigenvalue weighted by molar-refractivity contribution is 0.144. The van der Waals surface area contributed by atoms with E-state index in [1.807, 2.05) is 30.0 Å². The van der Waals surface area contributed by atoms with Gasteiger partial charge in [0.25, 0.3) is 0 Å². The highest BCUT2D eigenvalue weighted by atomic mass is 35.5. The van der Waals surface area contributed by atoms with E-state index < -0.39 is 6.10 Å². The molecule has 1 saturated heterocycles. The van der Waals surface area contributed by atoms with E-state index in [0.29, 0.717) is 16.4 Å². The zero-order chi connectivity index (χ0) is 12.5. The van der Waals surface area contributed by atoms with Gasteiger partial charge in [-0.15, -0.1) is 0 Å². The summed E-state index contributed by atoms with van der Waals surface area (Å²) < 4.78 is 5.72. The summed E-state index contributed by atoms with van der Waals surface area (Å²) in [7, 11) is 0. The molecule has 2 heterocycles. The number of halogens is 1. The Bertz CT molecular complexity index is 546. The van der Waals surface area contributed by atoms with Crippen LogP contribution in [0.25, 0.3) is 11.0 Å². The van der Waals surface area contributed by atoms with Gasteiger partial charge in [-0.1, -0.05) is 30.2 Å². The smallest absolute Gasteiger partial charge is 0.152 e. The molecule has 0 radical (unpaired) electrons. The molecule has 0 spiro atoms. The number of benzene rings is 1. The summed E-state index contributed by atoms with van der Waals surface area (Å²) in [6, 6.07) is 7.56. The second-order valence-corrected chi connectivity index (χ2v) is 6.41. The monoisotopic (exact) mass is 282 g/mol. The number of fused-ring (bicyclic) bond motifs is 1. The average molecular weight is 283 g/mol. The number of aliphatic hydroxyl groups excluding tert-OH is 1. The zero-order valence-electron chi connectivity index (χ0n) is 9.93. The normalized spacial score (nSPS) is 22.2. The summed E-state index contributed by atoms with van der Waals surface area (Å²) in [6.45, 7) is 0. The van der Waals surface area contributed by atoms with Crippen LogP contribution in [-0.4, -0.2) is 16.1 Å². The molecule has 1 fully saturated rings. The van der Waals surface area contributed by atoms with Crippen LogP contribution >= 0.6 is 23.4 Å².